The zero-order chi connectivity index (χ0) is 20.4. The van der Waals surface area contributed by atoms with Gasteiger partial charge in [-0.3, -0.25) is 9.79 Å². The average Bonchev–Trinajstić information content (AvgIpc) is 2.94. The molecule has 0 amide bonds. The first-order chi connectivity index (χ1) is 13.3. The summed E-state index contributed by atoms with van der Waals surface area (Å²) in [6.07, 6.45) is 1.81. The summed E-state index contributed by atoms with van der Waals surface area (Å²) in [5.74, 6) is -0.900. The lowest BCUT2D eigenvalue weighted by molar-refractivity contribution is 0.0696. The van der Waals surface area contributed by atoms with Crippen LogP contribution in [-0.2, 0) is 0 Å². The van der Waals surface area contributed by atoms with Gasteiger partial charge in [-0.1, -0.05) is 0 Å². The molecule has 3 rings (SSSR count). The lowest BCUT2D eigenvalue weighted by Gasteiger charge is -2.13. The van der Waals surface area contributed by atoms with E-state index in [4.69, 9.17) is 5.11 Å². The number of hydrogen-bond donors (Lipinski definition) is 1. The van der Waals surface area contributed by atoms with Gasteiger partial charge in [0.2, 0.25) is 0 Å². The Labute approximate surface area is 164 Å². The Balaban J connectivity index is 1.94. The molecule has 5 heteroatoms. The van der Waals surface area contributed by atoms with Crippen LogP contribution in [0, 0.1) is 20.8 Å². The number of carboxylic acids is 1. The summed E-state index contributed by atoms with van der Waals surface area (Å²) in [4.78, 5) is 27.1. The molecule has 1 N–H and O–H groups in total. The number of ketones is 1. The van der Waals surface area contributed by atoms with Gasteiger partial charge < -0.3 is 9.67 Å². The number of carboxylic acid groups (broad SMARTS) is 1. The van der Waals surface area contributed by atoms with E-state index in [-0.39, 0.29) is 11.3 Å². The first-order valence-corrected chi connectivity index (χ1v) is 8.96. The number of carbonyl (C=O) groups excluding carboxylic acids is 1. The van der Waals surface area contributed by atoms with Crippen LogP contribution in [0.15, 0.2) is 53.5 Å². The van der Waals surface area contributed by atoms with Crippen LogP contribution in [0.3, 0.4) is 0 Å². The number of carbonyl (C=O) groups is 2. The standard InChI is InChI=1S/C23H22N2O3/c1-14-11-19(23(27)28)7-10-22(14)25-15(2)12-20(16(25)3)13-24-21-8-5-18(6-9-21)17(4)26/h5-13H,1-4H3,(H,27,28). The fourth-order valence-electron chi connectivity index (χ4n) is 3.25. The molecule has 2 aromatic carbocycles. The minimum Gasteiger partial charge on any atom is -0.478 e. The topological polar surface area (TPSA) is 71.7 Å². The molecule has 142 valence electrons. The summed E-state index contributed by atoms with van der Waals surface area (Å²) >= 11 is 0. The fraction of sp³-hybridized carbons (Fsp3) is 0.174. The number of aliphatic imine (C=N–C) groups is 1. The second kappa shape index (κ2) is 7.64. The van der Waals surface area contributed by atoms with Crippen LogP contribution in [0.5, 0.6) is 0 Å². The number of aromatic nitrogens is 1. The van der Waals surface area contributed by atoms with Gasteiger partial charge in [-0.15, -0.1) is 0 Å². The van der Waals surface area contributed by atoms with Crippen LogP contribution in [0.1, 0.15) is 50.2 Å². The van der Waals surface area contributed by atoms with Gasteiger partial charge >= 0.3 is 5.97 Å². The quantitative estimate of drug-likeness (QED) is 0.501. The lowest BCUT2D eigenvalue weighted by atomic mass is 10.1. The Kier molecular flexibility index (Phi) is 5.27. The van der Waals surface area contributed by atoms with E-state index in [0.29, 0.717) is 5.56 Å². The molecule has 5 nitrogen and oxygen atoms in total. The maximum atomic E-state index is 11.4. The Morgan fingerprint density at radius 3 is 2.18 bits per heavy atom. The van der Waals surface area contributed by atoms with E-state index >= 15 is 0 Å². The molecule has 0 saturated carbocycles. The van der Waals surface area contributed by atoms with Gasteiger partial charge in [0, 0.05) is 34.4 Å². The highest BCUT2D eigenvalue weighted by Gasteiger charge is 2.13. The minimum absolute atomic E-state index is 0.0309. The summed E-state index contributed by atoms with van der Waals surface area (Å²) in [5.41, 5.74) is 6.60. The Bertz CT molecular complexity index is 1090. The lowest BCUT2D eigenvalue weighted by Crippen LogP contribution is -2.04. The SMILES string of the molecule is CC(=O)c1ccc(N=Cc2cc(C)n(-c3ccc(C(=O)O)cc3C)c2C)cc1. The Morgan fingerprint density at radius 1 is 0.964 bits per heavy atom. The van der Waals surface area contributed by atoms with Crippen molar-refractivity contribution in [3.8, 4) is 5.69 Å². The molecule has 0 bridgehead atoms. The molecule has 1 aromatic heterocycles. The first-order valence-electron chi connectivity index (χ1n) is 8.96. The van der Waals surface area contributed by atoms with Gasteiger partial charge in [0.05, 0.1) is 11.3 Å². The van der Waals surface area contributed by atoms with Crippen molar-refractivity contribution in [2.24, 2.45) is 4.99 Å². The minimum atomic E-state index is -0.931. The largest absolute Gasteiger partial charge is 0.478 e. The number of aromatic carboxylic acids is 1. The summed E-state index contributed by atoms with van der Waals surface area (Å²) in [6, 6.07) is 14.4. The molecule has 0 spiro atoms. The van der Waals surface area contributed by atoms with Crippen LogP contribution >= 0.6 is 0 Å². The van der Waals surface area contributed by atoms with E-state index in [0.717, 1.165) is 33.9 Å². The number of Topliss-reactive ketones (excluding diaryl/α,β-unsaturated/α-hetero) is 1. The number of aryl methyl sites for hydroxylation is 2. The van der Waals surface area contributed by atoms with Crippen molar-refractivity contribution in [3.05, 3.63) is 82.2 Å². The van der Waals surface area contributed by atoms with Crippen molar-refractivity contribution in [2.75, 3.05) is 0 Å². The predicted octanol–water partition coefficient (Wildman–Crippen LogP) is 5.05. The van der Waals surface area contributed by atoms with Gasteiger partial charge in [-0.25, -0.2) is 4.79 Å². The molecular weight excluding hydrogens is 352 g/mol. The van der Waals surface area contributed by atoms with Crippen molar-refractivity contribution in [1.82, 2.24) is 4.57 Å². The maximum Gasteiger partial charge on any atom is 0.335 e. The zero-order valence-corrected chi connectivity index (χ0v) is 16.4. The third-order valence-corrected chi connectivity index (χ3v) is 4.78. The summed E-state index contributed by atoms with van der Waals surface area (Å²) in [5, 5.41) is 9.17. The van der Waals surface area contributed by atoms with Crippen LogP contribution in [0.2, 0.25) is 0 Å². The summed E-state index contributed by atoms with van der Waals surface area (Å²) in [6.45, 7) is 7.47. The van der Waals surface area contributed by atoms with Crippen LogP contribution in [0.4, 0.5) is 5.69 Å². The molecule has 0 fully saturated rings. The Morgan fingerprint density at radius 2 is 1.61 bits per heavy atom. The molecule has 0 aliphatic heterocycles. The number of benzene rings is 2. The highest BCUT2D eigenvalue weighted by atomic mass is 16.4. The van der Waals surface area contributed by atoms with E-state index < -0.39 is 5.97 Å². The molecule has 0 aliphatic rings. The van der Waals surface area contributed by atoms with E-state index in [2.05, 4.69) is 9.56 Å². The molecule has 0 atom stereocenters. The summed E-state index contributed by atoms with van der Waals surface area (Å²) < 4.78 is 2.10. The molecule has 0 radical (unpaired) electrons. The van der Waals surface area contributed by atoms with Gasteiger partial charge in [0.15, 0.2) is 5.78 Å². The second-order valence-corrected chi connectivity index (χ2v) is 6.83. The normalized spacial score (nSPS) is 11.1. The van der Waals surface area contributed by atoms with Crippen LogP contribution in [0.25, 0.3) is 5.69 Å². The van der Waals surface area contributed by atoms with Gasteiger partial charge in [0.25, 0.3) is 0 Å². The van der Waals surface area contributed by atoms with Crippen molar-refractivity contribution in [2.45, 2.75) is 27.7 Å². The predicted molar refractivity (Wildman–Crippen MR) is 111 cm³/mol. The molecule has 28 heavy (non-hydrogen) atoms. The van der Waals surface area contributed by atoms with Crippen molar-refractivity contribution in [3.63, 3.8) is 0 Å². The van der Waals surface area contributed by atoms with E-state index in [1.807, 2.05) is 51.3 Å². The molecule has 0 unspecified atom stereocenters. The molecule has 3 aromatic rings. The molecule has 0 saturated heterocycles. The van der Waals surface area contributed by atoms with Crippen molar-refractivity contribution >= 4 is 23.7 Å². The van der Waals surface area contributed by atoms with Crippen LogP contribution in [-0.4, -0.2) is 27.6 Å². The average molecular weight is 374 g/mol. The highest BCUT2D eigenvalue weighted by Crippen LogP contribution is 2.24. The van der Waals surface area contributed by atoms with Gasteiger partial charge in [0.1, 0.15) is 0 Å². The molecular formula is C23H22N2O3. The monoisotopic (exact) mass is 374 g/mol. The number of hydrogen-bond acceptors (Lipinski definition) is 3. The Hall–Kier alpha value is -3.47. The van der Waals surface area contributed by atoms with Crippen molar-refractivity contribution < 1.29 is 14.7 Å². The highest BCUT2D eigenvalue weighted by molar-refractivity contribution is 5.94. The first kappa shape index (κ1) is 19.3. The fourth-order valence-corrected chi connectivity index (χ4v) is 3.25. The molecule has 1 heterocycles. The number of nitrogens with zero attached hydrogens (tertiary/aromatic N) is 2. The third-order valence-electron chi connectivity index (χ3n) is 4.78. The smallest absolute Gasteiger partial charge is 0.335 e. The second-order valence-electron chi connectivity index (χ2n) is 6.83. The van der Waals surface area contributed by atoms with E-state index in [1.165, 1.54) is 6.92 Å². The van der Waals surface area contributed by atoms with E-state index in [1.54, 1.807) is 24.3 Å². The zero-order valence-electron chi connectivity index (χ0n) is 16.4. The maximum absolute atomic E-state index is 11.4. The number of rotatable bonds is 5. The van der Waals surface area contributed by atoms with Crippen LogP contribution < -0.4 is 0 Å². The molecule has 0 aliphatic carbocycles. The van der Waals surface area contributed by atoms with Crippen molar-refractivity contribution in [1.29, 1.82) is 0 Å². The third kappa shape index (κ3) is 3.78. The summed E-state index contributed by atoms with van der Waals surface area (Å²) in [7, 11) is 0. The van der Waals surface area contributed by atoms with E-state index in [9.17, 15) is 9.59 Å². The van der Waals surface area contributed by atoms with Gasteiger partial charge in [-0.2, -0.15) is 0 Å². The van der Waals surface area contributed by atoms with Gasteiger partial charge in [-0.05, 0) is 81.8 Å².